The Morgan fingerprint density at radius 1 is 1.39 bits per heavy atom. The van der Waals surface area contributed by atoms with Gasteiger partial charge in [0.25, 0.3) is 5.56 Å². The monoisotopic (exact) mass is 258 g/mol. The Morgan fingerprint density at radius 3 is 2.61 bits per heavy atom. The van der Waals surface area contributed by atoms with Crippen LogP contribution in [0.15, 0.2) is 15.8 Å². The number of H-pyrrole nitrogens is 1. The zero-order valence-electron chi connectivity index (χ0n) is 9.61. The molecule has 4 N–H and O–H groups in total. The van der Waals surface area contributed by atoms with Gasteiger partial charge in [0.2, 0.25) is 0 Å². The molecule has 1 fully saturated rings. The number of nitrogens with one attached hydrogen (secondary N) is 1. The van der Waals surface area contributed by atoms with Crippen molar-refractivity contribution in [2.45, 2.75) is 31.5 Å². The molecule has 1 aliphatic rings. The molecule has 0 saturated carbocycles. The van der Waals surface area contributed by atoms with E-state index in [-0.39, 0.29) is 5.56 Å². The lowest BCUT2D eigenvalue weighted by atomic mass is 10.1. The summed E-state index contributed by atoms with van der Waals surface area (Å²) in [4.78, 5) is 24.9. The smallest absolute Gasteiger partial charge is 0.330 e. The van der Waals surface area contributed by atoms with Gasteiger partial charge in [0, 0.05) is 11.8 Å². The number of aromatic nitrogens is 2. The molecule has 2 heterocycles. The van der Waals surface area contributed by atoms with Crippen molar-refractivity contribution in [3.8, 4) is 0 Å². The van der Waals surface area contributed by atoms with Crippen molar-refractivity contribution in [3.63, 3.8) is 0 Å². The van der Waals surface area contributed by atoms with Crippen LogP contribution in [0.3, 0.4) is 0 Å². The molecule has 0 aliphatic carbocycles. The van der Waals surface area contributed by atoms with Crippen molar-refractivity contribution in [1.29, 1.82) is 0 Å². The summed E-state index contributed by atoms with van der Waals surface area (Å²) in [5.41, 5.74) is -1.00. The van der Waals surface area contributed by atoms with Crippen molar-refractivity contribution in [2.24, 2.45) is 0 Å². The number of rotatable bonds is 2. The third-order valence-electron chi connectivity index (χ3n) is 2.94. The summed E-state index contributed by atoms with van der Waals surface area (Å²) in [6.45, 7) is 1.02. The van der Waals surface area contributed by atoms with Crippen molar-refractivity contribution in [1.82, 2.24) is 9.55 Å². The number of aromatic amines is 1. The lowest BCUT2D eigenvalue weighted by Crippen LogP contribution is -2.38. The van der Waals surface area contributed by atoms with Crippen molar-refractivity contribution < 1.29 is 20.1 Å². The van der Waals surface area contributed by atoms with Gasteiger partial charge in [-0.15, -0.1) is 0 Å². The second-order valence-electron chi connectivity index (χ2n) is 4.21. The molecule has 18 heavy (non-hydrogen) atoms. The van der Waals surface area contributed by atoms with E-state index in [1.165, 1.54) is 13.1 Å². The van der Waals surface area contributed by atoms with Crippen LogP contribution < -0.4 is 11.2 Å². The lowest BCUT2D eigenvalue weighted by molar-refractivity contribution is -0.0551. The predicted octanol–water partition coefficient (Wildman–Crippen LogP) is -2.54. The molecule has 0 radical (unpaired) electrons. The highest BCUT2D eigenvalue weighted by molar-refractivity contribution is 5.03. The number of ether oxygens (including phenoxy) is 1. The van der Waals surface area contributed by atoms with Crippen molar-refractivity contribution in [2.75, 3.05) is 6.61 Å². The van der Waals surface area contributed by atoms with E-state index in [0.29, 0.717) is 0 Å². The highest BCUT2D eigenvalue weighted by Gasteiger charge is 2.43. The zero-order chi connectivity index (χ0) is 13.4. The van der Waals surface area contributed by atoms with Gasteiger partial charge >= 0.3 is 5.69 Å². The highest BCUT2D eigenvalue weighted by atomic mass is 16.6. The molecule has 8 nitrogen and oxygen atoms in total. The molecule has 100 valence electrons. The number of aryl methyl sites for hydroxylation is 1. The van der Waals surface area contributed by atoms with Gasteiger partial charge in [0.1, 0.15) is 18.3 Å². The molecule has 1 aromatic rings. The fourth-order valence-electron chi connectivity index (χ4n) is 1.88. The normalized spacial score (nSPS) is 31.8. The maximum atomic E-state index is 11.6. The van der Waals surface area contributed by atoms with Gasteiger partial charge in [-0.1, -0.05) is 0 Å². The molecule has 0 spiro atoms. The fraction of sp³-hybridized carbons (Fsp3) is 0.600. The van der Waals surface area contributed by atoms with Crippen LogP contribution in [-0.2, 0) is 4.74 Å². The minimum Gasteiger partial charge on any atom is -0.394 e. The summed E-state index contributed by atoms with van der Waals surface area (Å²) in [6, 6.07) is 0. The molecule has 0 bridgehead atoms. The first-order valence-corrected chi connectivity index (χ1v) is 5.40. The molecular weight excluding hydrogens is 244 g/mol. The molecule has 1 saturated heterocycles. The van der Waals surface area contributed by atoms with Gasteiger partial charge in [-0.2, -0.15) is 0 Å². The number of aliphatic hydroxyl groups excluding tert-OH is 3. The average molecular weight is 258 g/mol. The van der Waals surface area contributed by atoms with Gasteiger partial charge < -0.3 is 20.1 Å². The fourth-order valence-corrected chi connectivity index (χ4v) is 1.88. The molecule has 0 aromatic carbocycles. The van der Waals surface area contributed by atoms with Crippen LogP contribution >= 0.6 is 0 Å². The second-order valence-corrected chi connectivity index (χ2v) is 4.21. The molecule has 1 aromatic heterocycles. The third kappa shape index (κ3) is 1.99. The van der Waals surface area contributed by atoms with E-state index in [4.69, 9.17) is 9.84 Å². The van der Waals surface area contributed by atoms with E-state index in [0.717, 1.165) is 4.57 Å². The molecular formula is C10H14N2O6. The predicted molar refractivity (Wildman–Crippen MR) is 59.1 cm³/mol. The minimum absolute atomic E-state index is 0.271. The average Bonchev–Trinajstić information content (AvgIpc) is 2.61. The van der Waals surface area contributed by atoms with E-state index in [1.54, 1.807) is 0 Å². The number of hydrogen-bond donors (Lipinski definition) is 4. The second kappa shape index (κ2) is 4.65. The highest BCUT2D eigenvalue weighted by Crippen LogP contribution is 2.27. The Hall–Kier alpha value is -1.48. The Kier molecular flexibility index (Phi) is 3.35. The van der Waals surface area contributed by atoms with E-state index in [1.807, 2.05) is 0 Å². The van der Waals surface area contributed by atoms with Gasteiger partial charge in [-0.05, 0) is 6.92 Å². The number of nitrogens with zero attached hydrogens (tertiary/aromatic N) is 1. The van der Waals surface area contributed by atoms with Crippen LogP contribution in [-0.4, -0.2) is 49.8 Å². The Morgan fingerprint density at radius 2 is 2.06 bits per heavy atom. The summed E-state index contributed by atoms with van der Waals surface area (Å²) in [6.07, 6.45) is -3.52. The number of hydrogen-bond acceptors (Lipinski definition) is 6. The first-order chi connectivity index (χ1) is 8.45. The van der Waals surface area contributed by atoms with E-state index in [2.05, 4.69) is 4.98 Å². The summed E-state index contributed by atoms with van der Waals surface area (Å²) in [5, 5.41) is 28.3. The molecule has 4 unspecified atom stereocenters. The molecule has 0 amide bonds. The Labute approximate surface area is 101 Å². The standard InChI is InChI=1S/C10H14N2O6/c1-4-2-12(10(17)11-8(4)16)9-7(15)6(14)5(3-13)18-9/h2,5-7,9,13-15H,3H2,1H3,(H,11,16,17). The molecule has 1 aliphatic heterocycles. The third-order valence-corrected chi connectivity index (χ3v) is 2.94. The topological polar surface area (TPSA) is 125 Å². The van der Waals surface area contributed by atoms with E-state index >= 15 is 0 Å². The SMILES string of the molecule is Cc1cn(C2OC(CO)C(O)C2O)c(=O)[nH]c1=O. The molecule has 8 heteroatoms. The first kappa shape index (κ1) is 13.0. The van der Waals surface area contributed by atoms with Crippen molar-refractivity contribution in [3.05, 3.63) is 32.6 Å². The zero-order valence-corrected chi connectivity index (χ0v) is 9.61. The largest absolute Gasteiger partial charge is 0.394 e. The van der Waals surface area contributed by atoms with Crippen molar-refractivity contribution >= 4 is 0 Å². The first-order valence-electron chi connectivity index (χ1n) is 5.40. The van der Waals surface area contributed by atoms with Gasteiger partial charge in [-0.25, -0.2) is 4.79 Å². The van der Waals surface area contributed by atoms with Gasteiger partial charge in [0.15, 0.2) is 6.23 Å². The summed E-state index contributed by atoms with van der Waals surface area (Å²) >= 11 is 0. The summed E-state index contributed by atoms with van der Waals surface area (Å²) in [7, 11) is 0. The van der Waals surface area contributed by atoms with Crippen LogP contribution in [0.25, 0.3) is 0 Å². The van der Waals surface area contributed by atoms with E-state index < -0.39 is 42.4 Å². The van der Waals surface area contributed by atoms with Crippen LogP contribution in [0.5, 0.6) is 0 Å². The summed E-state index contributed by atoms with van der Waals surface area (Å²) in [5.74, 6) is 0. The van der Waals surface area contributed by atoms with Crippen LogP contribution in [0.2, 0.25) is 0 Å². The maximum Gasteiger partial charge on any atom is 0.330 e. The maximum absolute atomic E-state index is 11.6. The van der Waals surface area contributed by atoms with E-state index in [9.17, 15) is 19.8 Å². The van der Waals surface area contributed by atoms with Gasteiger partial charge in [-0.3, -0.25) is 14.3 Å². The van der Waals surface area contributed by atoms with Crippen LogP contribution in [0, 0.1) is 6.92 Å². The van der Waals surface area contributed by atoms with Crippen LogP contribution in [0.4, 0.5) is 0 Å². The number of aliphatic hydroxyl groups is 3. The van der Waals surface area contributed by atoms with Crippen LogP contribution in [0.1, 0.15) is 11.8 Å². The Bertz CT molecular complexity index is 550. The quantitative estimate of drug-likeness (QED) is 0.463. The molecule has 2 rings (SSSR count). The van der Waals surface area contributed by atoms with Gasteiger partial charge in [0.05, 0.1) is 6.61 Å². The summed E-state index contributed by atoms with van der Waals surface area (Å²) < 4.78 is 6.17. The lowest BCUT2D eigenvalue weighted by Gasteiger charge is -2.17. The minimum atomic E-state index is -1.36. The molecule has 4 atom stereocenters. The Balaban J connectivity index is 2.42.